The molecule has 1 aromatic heterocycles. The van der Waals surface area contributed by atoms with Gasteiger partial charge in [-0.25, -0.2) is 18.2 Å². The van der Waals surface area contributed by atoms with Crippen molar-refractivity contribution in [1.29, 1.82) is 0 Å². The molecule has 18 heavy (non-hydrogen) atoms. The number of aryl methyl sites for hydroxylation is 1. The summed E-state index contributed by atoms with van der Waals surface area (Å²) in [5, 5.41) is 9.45. The summed E-state index contributed by atoms with van der Waals surface area (Å²) in [4.78, 5) is 0. The van der Waals surface area contributed by atoms with Crippen LogP contribution in [0.5, 0.6) is 0 Å². The fourth-order valence-electron chi connectivity index (χ4n) is 1.91. The minimum atomic E-state index is -3.54. The summed E-state index contributed by atoms with van der Waals surface area (Å²) in [7, 11) is -3.54. The Bertz CT molecular complexity index is 660. The van der Waals surface area contributed by atoms with E-state index in [-0.39, 0.29) is 5.75 Å². The van der Waals surface area contributed by atoms with Crippen LogP contribution in [0.2, 0.25) is 0 Å². The summed E-state index contributed by atoms with van der Waals surface area (Å²) >= 11 is 0. The predicted octanol–water partition coefficient (Wildman–Crippen LogP) is 1.28. The molecule has 96 valence electrons. The van der Waals surface area contributed by atoms with Gasteiger partial charge in [-0.1, -0.05) is 18.2 Å². The van der Waals surface area contributed by atoms with Crippen LogP contribution in [0, 0.1) is 13.8 Å². The average Bonchev–Trinajstić information content (AvgIpc) is 2.56. The predicted molar refractivity (Wildman–Crippen MR) is 69.8 cm³/mol. The number of hydrogen-bond acceptors (Lipinski definition) is 3. The van der Waals surface area contributed by atoms with E-state index in [1.54, 1.807) is 11.6 Å². The summed E-state index contributed by atoms with van der Waals surface area (Å²) in [5.41, 5.74) is 3.05. The van der Waals surface area contributed by atoms with Crippen molar-refractivity contribution in [1.82, 2.24) is 9.78 Å². The number of benzene rings is 1. The largest absolute Gasteiger partial charge is 0.238 e. The Kier molecular flexibility index (Phi) is 3.23. The Morgan fingerprint density at radius 1 is 1.22 bits per heavy atom. The standard InChI is InChI=1S/C12H15N3O2S/c1-9-12(8-18(13,16)17)10(2)15(14-9)11-6-4-3-5-7-11/h3-7H,8H2,1-2H3,(H2,13,16,17). The highest BCUT2D eigenvalue weighted by Gasteiger charge is 2.16. The van der Waals surface area contributed by atoms with E-state index >= 15 is 0 Å². The lowest BCUT2D eigenvalue weighted by atomic mass is 10.2. The summed E-state index contributed by atoms with van der Waals surface area (Å²) in [6.07, 6.45) is 0. The zero-order valence-corrected chi connectivity index (χ0v) is 11.1. The SMILES string of the molecule is Cc1nn(-c2ccccc2)c(C)c1CS(N)(=O)=O. The molecule has 0 bridgehead atoms. The molecule has 2 aromatic rings. The van der Waals surface area contributed by atoms with Gasteiger partial charge in [0.25, 0.3) is 0 Å². The normalized spacial score (nSPS) is 11.7. The van der Waals surface area contributed by atoms with Gasteiger partial charge in [0.2, 0.25) is 10.0 Å². The Labute approximate surface area is 106 Å². The van der Waals surface area contributed by atoms with Crippen molar-refractivity contribution in [2.45, 2.75) is 19.6 Å². The first kappa shape index (κ1) is 12.8. The van der Waals surface area contributed by atoms with Crippen molar-refractivity contribution >= 4 is 10.0 Å². The van der Waals surface area contributed by atoms with Crippen LogP contribution in [0.15, 0.2) is 30.3 Å². The highest BCUT2D eigenvalue weighted by molar-refractivity contribution is 7.88. The minimum absolute atomic E-state index is 0.183. The van der Waals surface area contributed by atoms with Gasteiger partial charge >= 0.3 is 0 Å². The maximum Gasteiger partial charge on any atom is 0.213 e. The van der Waals surface area contributed by atoms with Crippen LogP contribution < -0.4 is 5.14 Å². The third kappa shape index (κ3) is 2.60. The fraction of sp³-hybridized carbons (Fsp3) is 0.250. The quantitative estimate of drug-likeness (QED) is 0.908. The van der Waals surface area contributed by atoms with Gasteiger partial charge in [0, 0.05) is 11.3 Å². The molecule has 0 unspecified atom stereocenters. The maximum absolute atomic E-state index is 11.2. The third-order valence-corrected chi connectivity index (χ3v) is 3.48. The molecule has 2 N–H and O–H groups in total. The molecule has 0 aliphatic heterocycles. The lowest BCUT2D eigenvalue weighted by Gasteiger charge is -2.04. The molecule has 1 heterocycles. The summed E-state index contributed by atoms with van der Waals surface area (Å²) in [6, 6.07) is 9.57. The molecule has 1 aromatic carbocycles. The molecule has 0 aliphatic rings. The van der Waals surface area contributed by atoms with Gasteiger partial charge < -0.3 is 0 Å². The molecule has 0 saturated heterocycles. The first-order valence-electron chi connectivity index (χ1n) is 5.49. The first-order chi connectivity index (χ1) is 8.38. The van der Waals surface area contributed by atoms with E-state index in [0.717, 1.165) is 11.4 Å². The van der Waals surface area contributed by atoms with Gasteiger partial charge in [0.15, 0.2) is 0 Å². The van der Waals surface area contributed by atoms with E-state index in [2.05, 4.69) is 5.10 Å². The highest BCUT2D eigenvalue weighted by atomic mass is 32.2. The van der Waals surface area contributed by atoms with Crippen molar-refractivity contribution in [2.24, 2.45) is 5.14 Å². The van der Waals surface area contributed by atoms with Gasteiger partial charge in [-0.3, -0.25) is 0 Å². The molecule has 0 saturated carbocycles. The van der Waals surface area contributed by atoms with Crippen molar-refractivity contribution in [2.75, 3.05) is 0 Å². The van der Waals surface area contributed by atoms with Crippen LogP contribution in [0.1, 0.15) is 17.0 Å². The molecule has 0 radical (unpaired) electrons. The molecule has 0 atom stereocenters. The average molecular weight is 265 g/mol. The third-order valence-electron chi connectivity index (χ3n) is 2.79. The summed E-state index contributed by atoms with van der Waals surface area (Å²) < 4.78 is 24.1. The topological polar surface area (TPSA) is 78.0 Å². The Morgan fingerprint density at radius 3 is 2.39 bits per heavy atom. The lowest BCUT2D eigenvalue weighted by Crippen LogP contribution is -2.15. The number of sulfonamides is 1. The van der Waals surface area contributed by atoms with Gasteiger partial charge in [0.1, 0.15) is 0 Å². The van der Waals surface area contributed by atoms with E-state index in [1.807, 2.05) is 37.3 Å². The van der Waals surface area contributed by atoms with Crippen LogP contribution >= 0.6 is 0 Å². The van der Waals surface area contributed by atoms with E-state index < -0.39 is 10.0 Å². The minimum Gasteiger partial charge on any atom is -0.238 e. The van der Waals surface area contributed by atoms with Gasteiger partial charge in [-0.2, -0.15) is 5.10 Å². The smallest absolute Gasteiger partial charge is 0.213 e. The van der Waals surface area contributed by atoms with Gasteiger partial charge in [-0.05, 0) is 26.0 Å². The van der Waals surface area contributed by atoms with E-state index in [4.69, 9.17) is 5.14 Å². The number of hydrogen-bond donors (Lipinski definition) is 1. The van der Waals surface area contributed by atoms with Gasteiger partial charge in [-0.15, -0.1) is 0 Å². The van der Waals surface area contributed by atoms with Crippen molar-refractivity contribution in [3.05, 3.63) is 47.3 Å². The molecule has 5 nitrogen and oxygen atoms in total. The monoisotopic (exact) mass is 265 g/mol. The van der Waals surface area contributed by atoms with Gasteiger partial charge in [0.05, 0.1) is 17.1 Å². The number of para-hydroxylation sites is 1. The number of rotatable bonds is 3. The zero-order chi connectivity index (χ0) is 13.3. The number of nitrogens with two attached hydrogens (primary N) is 1. The van der Waals surface area contributed by atoms with E-state index in [9.17, 15) is 8.42 Å². The number of primary sulfonamides is 1. The first-order valence-corrected chi connectivity index (χ1v) is 7.21. The van der Waals surface area contributed by atoms with Crippen LogP contribution in [0.25, 0.3) is 5.69 Å². The lowest BCUT2D eigenvalue weighted by molar-refractivity contribution is 0.596. The fourth-order valence-corrected chi connectivity index (χ4v) is 2.73. The molecule has 2 rings (SSSR count). The Morgan fingerprint density at radius 2 is 1.83 bits per heavy atom. The Hall–Kier alpha value is -1.66. The number of aromatic nitrogens is 2. The molecule has 0 fully saturated rings. The summed E-state index contributed by atoms with van der Waals surface area (Å²) in [6.45, 7) is 3.63. The van der Waals surface area contributed by atoms with Crippen molar-refractivity contribution in [3.8, 4) is 5.69 Å². The van der Waals surface area contributed by atoms with Crippen LogP contribution in [0.4, 0.5) is 0 Å². The molecule has 0 aliphatic carbocycles. The molecule has 0 spiro atoms. The summed E-state index contributed by atoms with van der Waals surface area (Å²) in [5.74, 6) is -0.183. The van der Waals surface area contributed by atoms with Crippen LogP contribution in [-0.4, -0.2) is 18.2 Å². The molecule has 6 heteroatoms. The second-order valence-electron chi connectivity index (χ2n) is 4.20. The highest BCUT2D eigenvalue weighted by Crippen LogP contribution is 2.19. The zero-order valence-electron chi connectivity index (χ0n) is 10.3. The van der Waals surface area contributed by atoms with Crippen LogP contribution in [-0.2, 0) is 15.8 Å². The van der Waals surface area contributed by atoms with E-state index in [1.165, 1.54) is 0 Å². The molecular formula is C12H15N3O2S. The second-order valence-corrected chi connectivity index (χ2v) is 5.82. The Balaban J connectivity index is 2.51. The molecule has 0 amide bonds. The second kappa shape index (κ2) is 4.55. The molecular weight excluding hydrogens is 250 g/mol. The van der Waals surface area contributed by atoms with Crippen molar-refractivity contribution < 1.29 is 8.42 Å². The van der Waals surface area contributed by atoms with E-state index in [0.29, 0.717) is 11.3 Å². The number of nitrogens with zero attached hydrogens (tertiary/aromatic N) is 2. The van der Waals surface area contributed by atoms with Crippen LogP contribution in [0.3, 0.4) is 0 Å². The maximum atomic E-state index is 11.2. The van der Waals surface area contributed by atoms with Crippen molar-refractivity contribution in [3.63, 3.8) is 0 Å².